The fourth-order valence-electron chi connectivity index (χ4n) is 3.59. The van der Waals surface area contributed by atoms with Gasteiger partial charge < -0.3 is 10.2 Å². The quantitative estimate of drug-likeness (QED) is 0.659. The van der Waals surface area contributed by atoms with E-state index in [9.17, 15) is 9.59 Å². The summed E-state index contributed by atoms with van der Waals surface area (Å²) < 4.78 is 3.23. The normalized spacial score (nSPS) is 15.3. The Kier molecular flexibility index (Phi) is 5.50. The number of benzene rings is 1. The van der Waals surface area contributed by atoms with Gasteiger partial charge in [-0.3, -0.25) is 14.2 Å². The Morgan fingerprint density at radius 1 is 1.20 bits per heavy atom. The number of rotatable bonds is 4. The molecule has 3 heterocycles. The Bertz CT molecular complexity index is 1160. The molecular weight excluding hydrogens is 416 g/mol. The summed E-state index contributed by atoms with van der Waals surface area (Å²) in [5.41, 5.74) is 3.76. The molecule has 1 aromatic carbocycles. The second-order valence-corrected chi connectivity index (χ2v) is 11.1. The number of anilines is 1. The molecule has 0 aliphatic carbocycles. The molecule has 4 rings (SSSR count). The number of aromatic nitrogens is 2. The number of carbonyl (C=O) groups excluding carboxylic acids is 1. The Hall–Kier alpha value is -2.16. The molecule has 30 heavy (non-hydrogen) atoms. The molecule has 2 aromatic heterocycles. The molecule has 1 amide bonds. The molecule has 6 nitrogen and oxygen atoms in total. The second-order valence-electron chi connectivity index (χ2n) is 8.83. The lowest BCUT2D eigenvalue weighted by atomic mass is 9.86. The zero-order chi connectivity index (χ0) is 21.6. The van der Waals surface area contributed by atoms with E-state index in [2.05, 4.69) is 60.2 Å². The van der Waals surface area contributed by atoms with E-state index in [1.807, 2.05) is 14.1 Å². The summed E-state index contributed by atoms with van der Waals surface area (Å²) in [6.45, 7) is 7.11. The maximum Gasteiger partial charge on any atom is 0.271 e. The highest BCUT2D eigenvalue weighted by atomic mass is 32.2. The van der Waals surface area contributed by atoms with Gasteiger partial charge in [0, 0.05) is 6.54 Å². The minimum Gasteiger partial charge on any atom is -0.322 e. The van der Waals surface area contributed by atoms with Crippen molar-refractivity contribution in [2.45, 2.75) is 43.0 Å². The molecule has 8 heteroatoms. The third kappa shape index (κ3) is 3.91. The summed E-state index contributed by atoms with van der Waals surface area (Å²) in [5.74, 6) is 0.325. The van der Waals surface area contributed by atoms with Gasteiger partial charge in [-0.1, -0.05) is 45.0 Å². The van der Waals surface area contributed by atoms with Gasteiger partial charge >= 0.3 is 0 Å². The average molecular weight is 443 g/mol. The zero-order valence-corrected chi connectivity index (χ0v) is 19.5. The van der Waals surface area contributed by atoms with Gasteiger partial charge in [-0.2, -0.15) is 0 Å². The summed E-state index contributed by atoms with van der Waals surface area (Å²) in [4.78, 5) is 31.6. The van der Waals surface area contributed by atoms with Gasteiger partial charge in [-0.15, -0.1) is 23.1 Å². The number of fused-ring (bicyclic) bond motifs is 3. The summed E-state index contributed by atoms with van der Waals surface area (Å²) in [7, 11) is 4.05. The standard InChI is InChI=1S/C22H26N4O2S2/c1-22(2,3)14-8-6-13(7-9-14)15(25(4)5)10-26-12-23-17-18-21(29-11-16(27)24-18)30-19(17)20(26)28/h6-9,12,15H,10-11H2,1-5H3,(H,24,27)/t15-/m0/s1. The van der Waals surface area contributed by atoms with Gasteiger partial charge in [-0.25, -0.2) is 4.98 Å². The van der Waals surface area contributed by atoms with E-state index in [1.54, 1.807) is 10.9 Å². The highest BCUT2D eigenvalue weighted by Crippen LogP contribution is 2.42. The van der Waals surface area contributed by atoms with E-state index >= 15 is 0 Å². The first-order valence-corrected chi connectivity index (χ1v) is 11.7. The number of hydrogen-bond acceptors (Lipinski definition) is 6. The minimum absolute atomic E-state index is 0.0413. The van der Waals surface area contributed by atoms with Gasteiger partial charge in [0.15, 0.2) is 0 Å². The second kappa shape index (κ2) is 7.83. The molecule has 0 spiro atoms. The molecule has 0 saturated carbocycles. The maximum atomic E-state index is 13.2. The summed E-state index contributed by atoms with van der Waals surface area (Å²) in [6.07, 6.45) is 1.60. The highest BCUT2D eigenvalue weighted by molar-refractivity contribution is 8.02. The Balaban J connectivity index is 1.68. The fourth-order valence-corrected chi connectivity index (χ4v) is 5.77. The lowest BCUT2D eigenvalue weighted by Crippen LogP contribution is -2.30. The first-order chi connectivity index (χ1) is 14.1. The van der Waals surface area contributed by atoms with Crippen molar-refractivity contribution in [3.05, 3.63) is 52.1 Å². The van der Waals surface area contributed by atoms with Crippen LogP contribution < -0.4 is 10.9 Å². The van der Waals surface area contributed by atoms with E-state index in [0.717, 1.165) is 9.77 Å². The van der Waals surface area contributed by atoms with Crippen LogP contribution >= 0.6 is 23.1 Å². The van der Waals surface area contributed by atoms with Crippen LogP contribution in [-0.4, -0.2) is 40.2 Å². The molecule has 0 radical (unpaired) electrons. The molecule has 3 aromatic rings. The fraction of sp³-hybridized carbons (Fsp3) is 0.409. The Labute approximate surface area is 184 Å². The molecule has 1 atom stereocenters. The lowest BCUT2D eigenvalue weighted by molar-refractivity contribution is -0.113. The van der Waals surface area contributed by atoms with Crippen molar-refractivity contribution < 1.29 is 4.79 Å². The van der Waals surface area contributed by atoms with Crippen LogP contribution in [0.3, 0.4) is 0 Å². The summed E-state index contributed by atoms with van der Waals surface area (Å²) in [5, 5.41) is 2.86. The molecule has 0 fully saturated rings. The molecule has 1 aliphatic heterocycles. The first kappa shape index (κ1) is 21.1. The van der Waals surface area contributed by atoms with Gasteiger partial charge in [0.25, 0.3) is 5.56 Å². The molecule has 158 valence electrons. The van der Waals surface area contributed by atoms with Gasteiger partial charge in [0.05, 0.1) is 28.0 Å². The molecule has 0 saturated heterocycles. The maximum absolute atomic E-state index is 13.2. The minimum atomic E-state index is -0.0626. The number of thiophene rings is 1. The van der Waals surface area contributed by atoms with Crippen molar-refractivity contribution in [2.24, 2.45) is 0 Å². The van der Waals surface area contributed by atoms with Crippen LogP contribution in [0.2, 0.25) is 0 Å². The summed E-state index contributed by atoms with van der Waals surface area (Å²) >= 11 is 2.88. The Morgan fingerprint density at radius 2 is 1.90 bits per heavy atom. The van der Waals surface area contributed by atoms with Gasteiger partial charge in [0.2, 0.25) is 5.91 Å². The van der Waals surface area contributed by atoms with Gasteiger partial charge in [-0.05, 0) is 30.6 Å². The zero-order valence-electron chi connectivity index (χ0n) is 17.9. The number of nitrogens with zero attached hydrogens (tertiary/aromatic N) is 3. The predicted molar refractivity (Wildman–Crippen MR) is 125 cm³/mol. The van der Waals surface area contributed by atoms with Crippen molar-refractivity contribution in [3.8, 4) is 0 Å². The van der Waals surface area contributed by atoms with E-state index in [4.69, 9.17) is 0 Å². The topological polar surface area (TPSA) is 67.2 Å². The van der Waals surface area contributed by atoms with E-state index in [-0.39, 0.29) is 22.9 Å². The lowest BCUT2D eigenvalue weighted by Gasteiger charge is -2.26. The smallest absolute Gasteiger partial charge is 0.271 e. The van der Waals surface area contributed by atoms with E-state index < -0.39 is 0 Å². The van der Waals surface area contributed by atoms with Crippen LogP contribution in [0.1, 0.15) is 37.9 Å². The third-order valence-corrected chi connectivity index (χ3v) is 7.82. The number of carbonyl (C=O) groups is 1. The molecular formula is C22H26N4O2S2. The largest absolute Gasteiger partial charge is 0.322 e. The van der Waals surface area contributed by atoms with E-state index in [0.29, 0.717) is 28.2 Å². The Morgan fingerprint density at radius 3 is 2.53 bits per heavy atom. The van der Waals surface area contributed by atoms with Crippen molar-refractivity contribution in [2.75, 3.05) is 25.2 Å². The number of amides is 1. The SMILES string of the molecule is CN(C)[C@@H](Cn1cnc2c3c(sc2c1=O)SCC(=O)N3)c1ccc(C(C)(C)C)cc1. The molecule has 0 unspecified atom stereocenters. The molecule has 1 N–H and O–H groups in total. The van der Waals surface area contributed by atoms with Crippen LogP contribution in [-0.2, 0) is 16.8 Å². The van der Waals surface area contributed by atoms with E-state index in [1.165, 1.54) is 28.7 Å². The van der Waals surface area contributed by atoms with Crippen molar-refractivity contribution in [1.82, 2.24) is 14.5 Å². The third-order valence-electron chi connectivity index (χ3n) is 5.39. The van der Waals surface area contributed by atoms with Crippen LogP contribution in [0.15, 0.2) is 39.6 Å². The van der Waals surface area contributed by atoms with Crippen LogP contribution in [0, 0.1) is 0 Å². The first-order valence-electron chi connectivity index (χ1n) is 9.86. The summed E-state index contributed by atoms with van der Waals surface area (Å²) in [6, 6.07) is 8.68. The average Bonchev–Trinajstić information content (AvgIpc) is 3.05. The van der Waals surface area contributed by atoms with Crippen LogP contribution in [0.5, 0.6) is 0 Å². The monoisotopic (exact) mass is 442 g/mol. The molecule has 0 bridgehead atoms. The number of hydrogen-bond donors (Lipinski definition) is 1. The number of likely N-dealkylation sites (N-methyl/N-ethyl adjacent to an activating group) is 1. The predicted octanol–water partition coefficient (Wildman–Crippen LogP) is 4.10. The number of nitrogens with one attached hydrogen (secondary N) is 1. The van der Waals surface area contributed by atoms with Crippen molar-refractivity contribution in [1.29, 1.82) is 0 Å². The highest BCUT2D eigenvalue weighted by Gasteiger charge is 2.25. The van der Waals surface area contributed by atoms with Crippen LogP contribution in [0.4, 0.5) is 5.69 Å². The van der Waals surface area contributed by atoms with Crippen molar-refractivity contribution >= 4 is 44.9 Å². The van der Waals surface area contributed by atoms with Gasteiger partial charge in [0.1, 0.15) is 10.2 Å². The van der Waals surface area contributed by atoms with Crippen molar-refractivity contribution in [3.63, 3.8) is 0 Å². The molecule has 1 aliphatic rings. The van der Waals surface area contributed by atoms with Crippen LogP contribution in [0.25, 0.3) is 10.2 Å². The number of thioether (sulfide) groups is 1.